The fourth-order valence-electron chi connectivity index (χ4n) is 5.59. The first-order valence-electron chi connectivity index (χ1n) is 12.4. The van der Waals surface area contributed by atoms with Gasteiger partial charge in [-0.15, -0.1) is 0 Å². The molecule has 4 aromatic rings. The van der Waals surface area contributed by atoms with Gasteiger partial charge < -0.3 is 19.6 Å². The fraction of sp³-hybridized carbons (Fsp3) is 0.385. The number of amides is 2. The smallest absolute Gasteiger partial charge is 0.410 e. The van der Waals surface area contributed by atoms with Gasteiger partial charge in [-0.1, -0.05) is 30.3 Å². The molecule has 3 aromatic heterocycles. The van der Waals surface area contributed by atoms with E-state index in [0.717, 1.165) is 41.4 Å². The van der Waals surface area contributed by atoms with E-state index >= 15 is 0 Å². The molecule has 0 radical (unpaired) electrons. The predicted molar refractivity (Wildman–Crippen MR) is 133 cm³/mol. The fourth-order valence-corrected chi connectivity index (χ4v) is 5.59. The second-order valence-electron chi connectivity index (χ2n) is 9.53. The quantitative estimate of drug-likeness (QED) is 0.458. The number of ether oxygens (including phenoxy) is 1. The van der Waals surface area contributed by atoms with Gasteiger partial charge >= 0.3 is 11.8 Å². The Morgan fingerprint density at radius 1 is 1.08 bits per heavy atom. The van der Waals surface area contributed by atoms with Crippen molar-refractivity contribution in [1.82, 2.24) is 29.3 Å². The normalized spacial score (nSPS) is 20.3. The number of rotatable bonds is 4. The molecule has 2 saturated heterocycles. The van der Waals surface area contributed by atoms with Crippen LogP contribution < -0.4 is 5.69 Å². The summed E-state index contributed by atoms with van der Waals surface area (Å²) in [5, 5.41) is 0.873. The van der Waals surface area contributed by atoms with Crippen LogP contribution in [0.15, 0.2) is 53.6 Å². The molecule has 6 rings (SSSR count). The standard InChI is InChI=1S/C26H28N6O4/c33-24(21-9-5-13-31(21)26(35)36-16-17-6-2-1-3-7-17)30-12-4-8-18(15-30)32-22-19-10-11-27-23(19)28-14-20(22)29-25(32)34/h1-3,6-7,10-11,14,18,21H,4-5,8-9,12-13,15-16H2,(H,27,28)(H,29,34)/t18?,21-/m0/s1. The molecule has 10 nitrogen and oxygen atoms in total. The van der Waals surface area contributed by atoms with Crippen LogP contribution in [-0.2, 0) is 16.1 Å². The molecule has 2 aliphatic heterocycles. The number of pyridine rings is 1. The van der Waals surface area contributed by atoms with Crippen molar-refractivity contribution in [2.45, 2.75) is 44.4 Å². The zero-order valence-electron chi connectivity index (χ0n) is 19.9. The summed E-state index contributed by atoms with van der Waals surface area (Å²) >= 11 is 0. The number of benzene rings is 1. The first kappa shape index (κ1) is 22.4. The van der Waals surface area contributed by atoms with E-state index in [1.165, 1.54) is 0 Å². The van der Waals surface area contributed by atoms with Gasteiger partial charge in [0.25, 0.3) is 0 Å². The molecule has 2 amide bonds. The Kier molecular flexibility index (Phi) is 5.71. The van der Waals surface area contributed by atoms with Crippen LogP contribution in [0, 0.1) is 0 Å². The van der Waals surface area contributed by atoms with Gasteiger partial charge in [-0.2, -0.15) is 0 Å². The van der Waals surface area contributed by atoms with E-state index in [4.69, 9.17) is 4.74 Å². The van der Waals surface area contributed by atoms with E-state index in [0.29, 0.717) is 31.6 Å². The maximum absolute atomic E-state index is 13.6. The van der Waals surface area contributed by atoms with Gasteiger partial charge in [-0.25, -0.2) is 14.6 Å². The highest BCUT2D eigenvalue weighted by molar-refractivity contribution is 6.01. The monoisotopic (exact) mass is 488 g/mol. The largest absolute Gasteiger partial charge is 0.445 e. The average Bonchev–Trinajstić information content (AvgIpc) is 3.65. The van der Waals surface area contributed by atoms with E-state index in [1.807, 2.05) is 41.3 Å². The Hall–Kier alpha value is -4.08. The molecule has 186 valence electrons. The van der Waals surface area contributed by atoms with Crippen molar-refractivity contribution >= 4 is 34.1 Å². The maximum Gasteiger partial charge on any atom is 0.410 e. The number of carbonyl (C=O) groups is 2. The lowest BCUT2D eigenvalue weighted by atomic mass is 10.0. The van der Waals surface area contributed by atoms with Crippen LogP contribution in [0.1, 0.15) is 37.3 Å². The van der Waals surface area contributed by atoms with Crippen molar-refractivity contribution in [1.29, 1.82) is 0 Å². The lowest BCUT2D eigenvalue weighted by Gasteiger charge is -2.36. The Morgan fingerprint density at radius 3 is 2.78 bits per heavy atom. The van der Waals surface area contributed by atoms with Crippen molar-refractivity contribution < 1.29 is 14.3 Å². The van der Waals surface area contributed by atoms with Crippen molar-refractivity contribution in [3.05, 3.63) is 64.8 Å². The minimum Gasteiger partial charge on any atom is -0.445 e. The number of nitrogens with one attached hydrogen (secondary N) is 2. The van der Waals surface area contributed by atoms with Gasteiger partial charge in [0.05, 0.1) is 23.3 Å². The number of nitrogens with zero attached hydrogens (tertiary/aromatic N) is 4. The van der Waals surface area contributed by atoms with Gasteiger partial charge in [0.15, 0.2) is 0 Å². The summed E-state index contributed by atoms with van der Waals surface area (Å²) in [6.45, 7) is 1.71. The van der Waals surface area contributed by atoms with Crippen LogP contribution in [0.25, 0.3) is 22.1 Å². The number of piperidine rings is 1. The molecule has 0 spiro atoms. The van der Waals surface area contributed by atoms with E-state index in [-0.39, 0.29) is 24.2 Å². The molecule has 2 aliphatic rings. The zero-order valence-corrected chi connectivity index (χ0v) is 19.9. The highest BCUT2D eigenvalue weighted by Crippen LogP contribution is 2.29. The summed E-state index contributed by atoms with van der Waals surface area (Å²) in [6, 6.07) is 10.7. The van der Waals surface area contributed by atoms with Gasteiger partial charge in [-0.05, 0) is 37.3 Å². The molecule has 0 saturated carbocycles. The topological polar surface area (TPSA) is 116 Å². The van der Waals surface area contributed by atoms with Crippen LogP contribution in [0.4, 0.5) is 4.79 Å². The molecule has 0 aliphatic carbocycles. The van der Waals surface area contributed by atoms with E-state index in [2.05, 4.69) is 15.0 Å². The summed E-state index contributed by atoms with van der Waals surface area (Å²) in [5.74, 6) is -0.0739. The van der Waals surface area contributed by atoms with Crippen LogP contribution in [0.3, 0.4) is 0 Å². The maximum atomic E-state index is 13.6. The number of aromatic nitrogens is 4. The average molecular weight is 489 g/mol. The Morgan fingerprint density at radius 2 is 1.92 bits per heavy atom. The summed E-state index contributed by atoms with van der Waals surface area (Å²) in [6.07, 6.45) is 5.95. The van der Waals surface area contributed by atoms with Crippen LogP contribution in [-0.4, -0.2) is 67.0 Å². The SMILES string of the molecule is O=C([C@@H]1CCCN1C(=O)OCc1ccccc1)N1CCCC(n2c(=O)[nH]c3cnc4[nH]ccc4c32)C1. The molecule has 2 N–H and O–H groups in total. The van der Waals surface area contributed by atoms with Crippen LogP contribution >= 0.6 is 0 Å². The number of aromatic amines is 2. The molecule has 5 heterocycles. The number of hydrogen-bond acceptors (Lipinski definition) is 5. The first-order chi connectivity index (χ1) is 17.6. The van der Waals surface area contributed by atoms with Crippen LogP contribution in [0.5, 0.6) is 0 Å². The molecule has 2 fully saturated rings. The van der Waals surface area contributed by atoms with Gasteiger partial charge in [0.1, 0.15) is 18.3 Å². The summed E-state index contributed by atoms with van der Waals surface area (Å²) in [4.78, 5) is 53.1. The second kappa shape index (κ2) is 9.18. The first-order valence-corrected chi connectivity index (χ1v) is 12.4. The molecule has 1 aromatic carbocycles. The van der Waals surface area contributed by atoms with Gasteiger partial charge in [0, 0.05) is 31.2 Å². The molecule has 1 unspecified atom stereocenters. The minimum atomic E-state index is -0.535. The summed E-state index contributed by atoms with van der Waals surface area (Å²) in [7, 11) is 0. The summed E-state index contributed by atoms with van der Waals surface area (Å²) in [5.41, 5.74) is 2.90. The van der Waals surface area contributed by atoms with Gasteiger partial charge in [0.2, 0.25) is 5.91 Å². The van der Waals surface area contributed by atoms with E-state index < -0.39 is 12.1 Å². The Balaban J connectivity index is 1.20. The minimum absolute atomic E-state index is 0.0739. The second-order valence-corrected chi connectivity index (χ2v) is 9.53. The van der Waals surface area contributed by atoms with Crippen molar-refractivity contribution in [2.75, 3.05) is 19.6 Å². The Labute approximate surface area is 206 Å². The highest BCUT2D eigenvalue weighted by Gasteiger charge is 2.39. The van der Waals surface area contributed by atoms with Crippen molar-refractivity contribution in [3.63, 3.8) is 0 Å². The zero-order chi connectivity index (χ0) is 24.6. The molecule has 2 atom stereocenters. The Bertz CT molecular complexity index is 1470. The molecule has 0 bridgehead atoms. The number of fused-ring (bicyclic) bond motifs is 3. The number of carbonyl (C=O) groups excluding carboxylic acids is 2. The number of likely N-dealkylation sites (tertiary alicyclic amines) is 2. The highest BCUT2D eigenvalue weighted by atomic mass is 16.6. The van der Waals surface area contributed by atoms with E-state index in [9.17, 15) is 14.4 Å². The molecule has 10 heteroatoms. The van der Waals surface area contributed by atoms with E-state index in [1.54, 1.807) is 21.9 Å². The number of H-pyrrole nitrogens is 2. The molecular weight excluding hydrogens is 460 g/mol. The van der Waals surface area contributed by atoms with Crippen molar-refractivity contribution in [3.8, 4) is 0 Å². The third kappa shape index (κ3) is 3.92. The lowest BCUT2D eigenvalue weighted by molar-refractivity contribution is -0.137. The molecular formula is C26H28N6O4. The number of imidazole rings is 1. The number of hydrogen-bond donors (Lipinski definition) is 2. The van der Waals surface area contributed by atoms with Crippen molar-refractivity contribution in [2.24, 2.45) is 0 Å². The predicted octanol–water partition coefficient (Wildman–Crippen LogP) is 3.17. The summed E-state index contributed by atoms with van der Waals surface area (Å²) < 4.78 is 7.29. The molecule has 36 heavy (non-hydrogen) atoms. The lowest BCUT2D eigenvalue weighted by Crippen LogP contribution is -2.51. The third-order valence-electron chi connectivity index (χ3n) is 7.31. The van der Waals surface area contributed by atoms with Gasteiger partial charge in [-0.3, -0.25) is 14.3 Å². The van der Waals surface area contributed by atoms with Crippen LogP contribution in [0.2, 0.25) is 0 Å². The third-order valence-corrected chi connectivity index (χ3v) is 7.31.